The fraction of sp³-hybridized carbons (Fsp3) is 0.263. The quantitative estimate of drug-likeness (QED) is 0.475. The molecule has 9 heteroatoms. The topological polar surface area (TPSA) is 125 Å². The molecule has 0 aliphatic carbocycles. The molecular weight excluding hydrogens is 360 g/mol. The maximum absolute atomic E-state index is 11.2. The summed E-state index contributed by atoms with van der Waals surface area (Å²) in [4.78, 5) is 15.7. The Hall–Kier alpha value is -3.62. The average molecular weight is 380 g/mol. The second-order valence-corrected chi connectivity index (χ2v) is 6.39. The van der Waals surface area contributed by atoms with Gasteiger partial charge < -0.3 is 25.5 Å². The third kappa shape index (κ3) is 3.46. The number of carboxylic acid groups (broad SMARTS) is 1. The summed E-state index contributed by atoms with van der Waals surface area (Å²) in [6.45, 7) is 2.87. The van der Waals surface area contributed by atoms with Crippen LogP contribution in [0.2, 0.25) is 0 Å². The molecule has 1 aromatic carbocycles. The van der Waals surface area contributed by atoms with E-state index < -0.39 is 12.1 Å². The van der Waals surface area contributed by atoms with Crippen molar-refractivity contribution in [1.82, 2.24) is 15.2 Å². The lowest BCUT2D eigenvalue weighted by Crippen LogP contribution is -2.19. The lowest BCUT2D eigenvalue weighted by molar-refractivity contribution is 0.0660. The summed E-state index contributed by atoms with van der Waals surface area (Å²) < 4.78 is 5.48. The normalized spacial score (nSPS) is 14.8. The zero-order chi connectivity index (χ0) is 19.5. The first-order valence-electron chi connectivity index (χ1n) is 9.10. The van der Waals surface area contributed by atoms with E-state index in [0.29, 0.717) is 23.2 Å². The Morgan fingerprint density at radius 3 is 2.86 bits per heavy atom. The molecule has 1 aliphatic rings. The SMILES string of the molecule is CCCCNc1nnc2c(n1)NC(c1ccc(C(=O)O)o1)Nc1ccccc1-2. The van der Waals surface area contributed by atoms with Gasteiger partial charge >= 0.3 is 5.97 Å². The van der Waals surface area contributed by atoms with Gasteiger partial charge in [-0.25, -0.2) is 4.79 Å². The first-order valence-corrected chi connectivity index (χ1v) is 9.10. The molecule has 2 aromatic heterocycles. The van der Waals surface area contributed by atoms with Crippen LogP contribution in [0, 0.1) is 0 Å². The molecule has 4 rings (SSSR count). The van der Waals surface area contributed by atoms with Crippen molar-refractivity contribution in [2.45, 2.75) is 25.9 Å². The van der Waals surface area contributed by atoms with Crippen molar-refractivity contribution in [3.05, 3.63) is 47.9 Å². The number of nitrogens with one attached hydrogen (secondary N) is 3. The number of anilines is 3. The summed E-state index contributed by atoms with van der Waals surface area (Å²) in [5.41, 5.74) is 2.27. The van der Waals surface area contributed by atoms with Crippen LogP contribution in [0.5, 0.6) is 0 Å². The molecule has 1 aliphatic heterocycles. The van der Waals surface area contributed by atoms with E-state index >= 15 is 0 Å². The van der Waals surface area contributed by atoms with Gasteiger partial charge in [-0.05, 0) is 24.6 Å². The molecule has 4 N–H and O–H groups in total. The molecule has 0 amide bonds. The number of hydrogen-bond acceptors (Lipinski definition) is 8. The molecular formula is C19H20N6O3. The molecule has 0 saturated heterocycles. The lowest BCUT2D eigenvalue weighted by atomic mass is 10.1. The van der Waals surface area contributed by atoms with Gasteiger partial charge in [-0.2, -0.15) is 4.98 Å². The van der Waals surface area contributed by atoms with E-state index in [2.05, 4.69) is 38.1 Å². The zero-order valence-electron chi connectivity index (χ0n) is 15.3. The van der Waals surface area contributed by atoms with Crippen LogP contribution in [0.4, 0.5) is 17.5 Å². The van der Waals surface area contributed by atoms with E-state index in [0.717, 1.165) is 30.6 Å². The van der Waals surface area contributed by atoms with Gasteiger partial charge in [0.15, 0.2) is 12.0 Å². The van der Waals surface area contributed by atoms with Gasteiger partial charge in [0, 0.05) is 17.8 Å². The van der Waals surface area contributed by atoms with E-state index in [1.807, 2.05) is 24.3 Å². The summed E-state index contributed by atoms with van der Waals surface area (Å²) in [5, 5.41) is 27.4. The molecule has 0 radical (unpaired) electrons. The van der Waals surface area contributed by atoms with E-state index in [-0.39, 0.29) is 5.76 Å². The summed E-state index contributed by atoms with van der Waals surface area (Å²) in [6, 6.07) is 10.7. The summed E-state index contributed by atoms with van der Waals surface area (Å²) in [6.07, 6.45) is 1.55. The predicted octanol–water partition coefficient (Wildman–Crippen LogP) is 3.58. The number of rotatable bonds is 6. The second kappa shape index (κ2) is 7.55. The Balaban J connectivity index is 1.72. The molecule has 0 fully saturated rings. The second-order valence-electron chi connectivity index (χ2n) is 6.39. The van der Waals surface area contributed by atoms with Crippen molar-refractivity contribution in [2.75, 3.05) is 22.5 Å². The van der Waals surface area contributed by atoms with Gasteiger partial charge in [-0.3, -0.25) is 0 Å². The zero-order valence-corrected chi connectivity index (χ0v) is 15.3. The van der Waals surface area contributed by atoms with Crippen LogP contribution in [-0.2, 0) is 0 Å². The third-order valence-electron chi connectivity index (χ3n) is 4.39. The fourth-order valence-electron chi connectivity index (χ4n) is 2.97. The van der Waals surface area contributed by atoms with Crippen LogP contribution >= 0.6 is 0 Å². The maximum Gasteiger partial charge on any atom is 0.371 e. The Kier molecular flexibility index (Phi) is 4.79. The van der Waals surface area contributed by atoms with Crippen molar-refractivity contribution >= 4 is 23.4 Å². The number of furan rings is 1. The van der Waals surface area contributed by atoms with Crippen LogP contribution in [0.25, 0.3) is 11.3 Å². The monoisotopic (exact) mass is 380 g/mol. The highest BCUT2D eigenvalue weighted by atomic mass is 16.4. The Morgan fingerprint density at radius 2 is 2.07 bits per heavy atom. The minimum Gasteiger partial charge on any atom is -0.475 e. The first kappa shape index (κ1) is 17.8. The highest BCUT2D eigenvalue weighted by Crippen LogP contribution is 2.37. The van der Waals surface area contributed by atoms with E-state index in [4.69, 9.17) is 9.52 Å². The Morgan fingerprint density at radius 1 is 1.21 bits per heavy atom. The minimum absolute atomic E-state index is 0.126. The first-order chi connectivity index (χ1) is 13.7. The Labute approximate surface area is 161 Å². The van der Waals surface area contributed by atoms with Crippen LogP contribution in [0.15, 0.2) is 40.8 Å². The molecule has 1 unspecified atom stereocenters. The molecule has 3 heterocycles. The number of aromatic nitrogens is 3. The van der Waals surface area contributed by atoms with Crippen LogP contribution in [-0.4, -0.2) is 32.8 Å². The average Bonchev–Trinajstić information content (AvgIpc) is 3.13. The highest BCUT2D eigenvalue weighted by Gasteiger charge is 2.26. The molecule has 144 valence electrons. The highest BCUT2D eigenvalue weighted by molar-refractivity contribution is 5.85. The standard InChI is InChI=1S/C19H20N6O3/c1-2-3-10-20-19-23-17-15(24-25-19)11-6-4-5-7-12(11)21-16(22-17)13-8-9-14(28-13)18(26)27/h4-9,16,21H,2-3,10H2,1H3,(H,26,27)(H2,20,22,23,25). The number of benzene rings is 1. The van der Waals surface area contributed by atoms with Gasteiger partial charge in [0.25, 0.3) is 0 Å². The van der Waals surface area contributed by atoms with Crippen LogP contribution in [0.1, 0.15) is 42.2 Å². The van der Waals surface area contributed by atoms with E-state index in [9.17, 15) is 4.79 Å². The molecule has 9 nitrogen and oxygen atoms in total. The van der Waals surface area contributed by atoms with Gasteiger partial charge in [0.1, 0.15) is 11.5 Å². The number of unbranched alkanes of at least 4 members (excludes halogenated alkanes) is 1. The number of hydrogen-bond donors (Lipinski definition) is 4. The smallest absolute Gasteiger partial charge is 0.371 e. The number of para-hydroxylation sites is 1. The third-order valence-corrected chi connectivity index (χ3v) is 4.39. The number of carboxylic acids is 1. The number of nitrogens with zero attached hydrogens (tertiary/aromatic N) is 3. The maximum atomic E-state index is 11.2. The van der Waals surface area contributed by atoms with Gasteiger partial charge in [-0.1, -0.05) is 31.5 Å². The van der Waals surface area contributed by atoms with Gasteiger partial charge in [0.05, 0.1) is 0 Å². The van der Waals surface area contributed by atoms with Gasteiger partial charge in [-0.15, -0.1) is 10.2 Å². The van der Waals surface area contributed by atoms with E-state index in [1.165, 1.54) is 6.07 Å². The predicted molar refractivity (Wildman–Crippen MR) is 104 cm³/mol. The van der Waals surface area contributed by atoms with Crippen molar-refractivity contribution < 1.29 is 14.3 Å². The summed E-state index contributed by atoms with van der Waals surface area (Å²) >= 11 is 0. The fourth-order valence-corrected chi connectivity index (χ4v) is 2.97. The van der Waals surface area contributed by atoms with Crippen LogP contribution in [0.3, 0.4) is 0 Å². The molecule has 0 spiro atoms. The summed E-state index contributed by atoms with van der Waals surface area (Å²) in [7, 11) is 0. The largest absolute Gasteiger partial charge is 0.475 e. The lowest BCUT2D eigenvalue weighted by Gasteiger charge is -2.17. The summed E-state index contributed by atoms with van der Waals surface area (Å²) in [5.74, 6) is 0.151. The van der Waals surface area contributed by atoms with Crippen molar-refractivity contribution in [3.63, 3.8) is 0 Å². The Bertz CT molecular complexity index is 1000. The van der Waals surface area contributed by atoms with Crippen molar-refractivity contribution in [3.8, 4) is 11.3 Å². The molecule has 28 heavy (non-hydrogen) atoms. The number of carbonyl (C=O) groups is 1. The number of aromatic carboxylic acids is 1. The van der Waals surface area contributed by atoms with E-state index in [1.54, 1.807) is 6.07 Å². The van der Waals surface area contributed by atoms with Crippen LogP contribution < -0.4 is 16.0 Å². The molecule has 3 aromatic rings. The van der Waals surface area contributed by atoms with Crippen molar-refractivity contribution in [1.29, 1.82) is 0 Å². The molecule has 0 bridgehead atoms. The van der Waals surface area contributed by atoms with Gasteiger partial charge in [0.2, 0.25) is 11.7 Å². The molecule has 0 saturated carbocycles. The number of fused-ring (bicyclic) bond motifs is 3. The van der Waals surface area contributed by atoms with Crippen molar-refractivity contribution in [2.24, 2.45) is 0 Å². The minimum atomic E-state index is -1.12. The molecule has 1 atom stereocenters.